The van der Waals surface area contributed by atoms with E-state index < -0.39 is 0 Å². The van der Waals surface area contributed by atoms with Crippen LogP contribution in [-0.4, -0.2) is 0 Å². The van der Waals surface area contributed by atoms with Gasteiger partial charge in [0.1, 0.15) is 0 Å². The Morgan fingerprint density at radius 3 is 1.18 bits per heavy atom. The molecule has 2 aliphatic heterocycles. The molecular weight excluding hydrogens is 489 g/mol. The smallest absolute Gasteiger partial charge is 0.0340 e. The van der Waals surface area contributed by atoms with E-state index in [-0.39, 0.29) is 0 Å². The minimum Gasteiger partial charge on any atom is -0.0877 e. The standard InChI is InChI=1S/C30H18S4/c1-3-14-25-23(12-1)31-27-16-6-10-21(29(27)33-25)19-8-5-9-20(18-19)22-11-7-17-28-30(22)34-26-15-4-2-13-24(26)32-28/h1-18H. The first-order valence-electron chi connectivity index (χ1n) is 11.1. The van der Waals surface area contributed by atoms with Crippen LogP contribution < -0.4 is 0 Å². The van der Waals surface area contributed by atoms with Crippen LogP contribution in [0.1, 0.15) is 0 Å². The summed E-state index contributed by atoms with van der Waals surface area (Å²) in [6, 6.07) is 39.9. The largest absolute Gasteiger partial charge is 0.0877 e. The van der Waals surface area contributed by atoms with Gasteiger partial charge in [-0.15, -0.1) is 0 Å². The summed E-state index contributed by atoms with van der Waals surface area (Å²) in [6.45, 7) is 0. The van der Waals surface area contributed by atoms with Crippen molar-refractivity contribution in [1.29, 1.82) is 0 Å². The normalized spacial score (nSPS) is 13.4. The summed E-state index contributed by atoms with van der Waals surface area (Å²) >= 11 is 7.54. The van der Waals surface area contributed by atoms with Crippen LogP contribution in [0.5, 0.6) is 0 Å². The third-order valence-electron chi connectivity index (χ3n) is 6.00. The highest BCUT2D eigenvalue weighted by Crippen LogP contribution is 2.53. The highest BCUT2D eigenvalue weighted by Gasteiger charge is 2.22. The minimum absolute atomic E-state index is 1.27. The molecule has 162 valence electrons. The summed E-state index contributed by atoms with van der Waals surface area (Å²) in [6.07, 6.45) is 0. The van der Waals surface area contributed by atoms with E-state index in [0.717, 1.165) is 0 Å². The van der Waals surface area contributed by atoms with E-state index in [0.29, 0.717) is 0 Å². The SMILES string of the molecule is c1cc(-c2cccc3c2Sc2ccccc2S3)cc(-c2cccc3c2Sc2ccccc2S3)c1. The van der Waals surface area contributed by atoms with Crippen molar-refractivity contribution in [1.82, 2.24) is 0 Å². The molecule has 4 heteroatoms. The summed E-state index contributed by atoms with van der Waals surface area (Å²) in [4.78, 5) is 10.8. The van der Waals surface area contributed by atoms with Gasteiger partial charge in [-0.05, 0) is 64.7 Å². The van der Waals surface area contributed by atoms with Crippen LogP contribution in [0.2, 0.25) is 0 Å². The van der Waals surface area contributed by atoms with Crippen LogP contribution in [0.3, 0.4) is 0 Å². The summed E-state index contributed by atoms with van der Waals surface area (Å²) in [5, 5.41) is 0. The van der Waals surface area contributed by atoms with Gasteiger partial charge in [0.25, 0.3) is 0 Å². The molecule has 2 aliphatic rings. The minimum atomic E-state index is 1.27. The topological polar surface area (TPSA) is 0 Å². The van der Waals surface area contributed by atoms with Crippen LogP contribution in [-0.2, 0) is 0 Å². The second-order valence-electron chi connectivity index (χ2n) is 8.15. The Hall–Kier alpha value is -2.50. The predicted octanol–water partition coefficient (Wildman–Crippen LogP) is 10.3. The van der Waals surface area contributed by atoms with Crippen molar-refractivity contribution >= 4 is 47.0 Å². The molecule has 0 aromatic heterocycles. The van der Waals surface area contributed by atoms with Crippen LogP contribution in [0.4, 0.5) is 0 Å². The van der Waals surface area contributed by atoms with Crippen molar-refractivity contribution in [3.05, 3.63) is 109 Å². The Morgan fingerprint density at radius 1 is 0.324 bits per heavy atom. The van der Waals surface area contributed by atoms with Crippen molar-refractivity contribution in [2.45, 2.75) is 39.2 Å². The molecular formula is C30H18S4. The molecule has 0 radical (unpaired) electrons. The first-order valence-corrected chi connectivity index (χ1v) is 14.4. The molecule has 34 heavy (non-hydrogen) atoms. The number of rotatable bonds is 2. The number of hydrogen-bond acceptors (Lipinski definition) is 4. The zero-order valence-electron chi connectivity index (χ0n) is 18.0. The van der Waals surface area contributed by atoms with Crippen LogP contribution in [0.15, 0.2) is 148 Å². The fraction of sp³-hybridized carbons (Fsp3) is 0. The Kier molecular flexibility index (Phi) is 5.28. The van der Waals surface area contributed by atoms with Crippen LogP contribution in [0.25, 0.3) is 22.3 Å². The fourth-order valence-corrected chi connectivity index (χ4v) is 9.21. The summed E-state index contributed by atoms with van der Waals surface area (Å²) in [5.41, 5.74) is 5.16. The number of fused-ring (bicyclic) bond motifs is 4. The van der Waals surface area contributed by atoms with Crippen molar-refractivity contribution in [2.75, 3.05) is 0 Å². The molecule has 7 rings (SSSR count). The highest BCUT2D eigenvalue weighted by atomic mass is 32.2. The van der Waals surface area contributed by atoms with Crippen molar-refractivity contribution in [3.63, 3.8) is 0 Å². The number of hydrogen-bond donors (Lipinski definition) is 0. The first-order chi connectivity index (χ1) is 16.8. The highest BCUT2D eigenvalue weighted by molar-refractivity contribution is 8.05. The van der Waals surface area contributed by atoms with Crippen LogP contribution >= 0.6 is 47.0 Å². The molecule has 0 fully saturated rings. The average molecular weight is 507 g/mol. The Bertz CT molecular complexity index is 1460. The summed E-state index contributed by atoms with van der Waals surface area (Å²) in [5.74, 6) is 0. The molecule has 0 nitrogen and oxygen atoms in total. The molecule has 0 unspecified atom stereocenters. The van der Waals surface area contributed by atoms with Gasteiger partial charge in [0, 0.05) is 39.2 Å². The molecule has 0 saturated heterocycles. The van der Waals surface area contributed by atoms with Gasteiger partial charge in [-0.1, -0.05) is 114 Å². The molecule has 0 atom stereocenters. The van der Waals surface area contributed by atoms with E-state index in [1.54, 1.807) is 0 Å². The molecule has 0 N–H and O–H groups in total. The van der Waals surface area contributed by atoms with E-state index in [9.17, 15) is 0 Å². The van der Waals surface area contributed by atoms with E-state index in [1.165, 1.54) is 61.4 Å². The molecule has 0 aliphatic carbocycles. The van der Waals surface area contributed by atoms with E-state index >= 15 is 0 Å². The molecule has 2 heterocycles. The zero-order chi connectivity index (χ0) is 22.5. The van der Waals surface area contributed by atoms with Gasteiger partial charge in [-0.25, -0.2) is 0 Å². The van der Waals surface area contributed by atoms with Gasteiger partial charge in [-0.2, -0.15) is 0 Å². The molecule has 0 saturated carbocycles. The maximum Gasteiger partial charge on any atom is 0.0340 e. The molecule has 0 spiro atoms. The second kappa shape index (κ2) is 8.62. The predicted molar refractivity (Wildman–Crippen MR) is 147 cm³/mol. The van der Waals surface area contributed by atoms with Crippen molar-refractivity contribution < 1.29 is 0 Å². The van der Waals surface area contributed by atoms with Gasteiger partial charge in [0.05, 0.1) is 0 Å². The maximum atomic E-state index is 2.36. The quantitative estimate of drug-likeness (QED) is 0.229. The Labute approximate surface area is 216 Å². The zero-order valence-corrected chi connectivity index (χ0v) is 21.3. The third kappa shape index (κ3) is 3.61. The lowest BCUT2D eigenvalue weighted by Gasteiger charge is -2.22. The average Bonchev–Trinajstić information content (AvgIpc) is 2.90. The Morgan fingerprint density at radius 2 is 0.706 bits per heavy atom. The molecule has 0 amide bonds. The Balaban J connectivity index is 1.31. The van der Waals surface area contributed by atoms with Crippen molar-refractivity contribution in [3.8, 4) is 22.3 Å². The first kappa shape index (κ1) is 20.8. The van der Waals surface area contributed by atoms with Gasteiger partial charge in [0.2, 0.25) is 0 Å². The van der Waals surface area contributed by atoms with Gasteiger partial charge < -0.3 is 0 Å². The van der Waals surface area contributed by atoms with E-state index in [1.807, 2.05) is 47.0 Å². The van der Waals surface area contributed by atoms with Gasteiger partial charge in [-0.3, -0.25) is 0 Å². The third-order valence-corrected chi connectivity index (χ3v) is 11.2. The fourth-order valence-electron chi connectivity index (χ4n) is 4.41. The maximum absolute atomic E-state index is 2.36. The van der Waals surface area contributed by atoms with Gasteiger partial charge in [0.15, 0.2) is 0 Å². The van der Waals surface area contributed by atoms with Gasteiger partial charge >= 0.3 is 0 Å². The molecule has 0 bridgehead atoms. The lowest BCUT2D eigenvalue weighted by Crippen LogP contribution is -1.94. The monoisotopic (exact) mass is 506 g/mol. The lowest BCUT2D eigenvalue weighted by molar-refractivity contribution is 1.16. The lowest BCUT2D eigenvalue weighted by atomic mass is 9.99. The van der Waals surface area contributed by atoms with Crippen molar-refractivity contribution in [2.24, 2.45) is 0 Å². The van der Waals surface area contributed by atoms with E-state index in [4.69, 9.17) is 0 Å². The summed E-state index contributed by atoms with van der Waals surface area (Å²) in [7, 11) is 0. The second-order valence-corrected chi connectivity index (χ2v) is 12.4. The molecule has 5 aromatic rings. The van der Waals surface area contributed by atoms with E-state index in [2.05, 4.69) is 109 Å². The summed E-state index contributed by atoms with van der Waals surface area (Å²) < 4.78 is 0. The molecule has 5 aromatic carbocycles. The number of benzene rings is 5. The van der Waals surface area contributed by atoms with Crippen LogP contribution in [0, 0.1) is 0 Å².